The molecule has 0 atom stereocenters. The van der Waals surface area contributed by atoms with Gasteiger partial charge in [-0.05, 0) is 59.0 Å². The number of hydrogen-bond donors (Lipinski definition) is 0. The molecule has 0 aliphatic rings. The third-order valence-electron chi connectivity index (χ3n) is 9.07. The van der Waals surface area contributed by atoms with Crippen LogP contribution in [0.2, 0.25) is 0 Å². The van der Waals surface area contributed by atoms with E-state index < -0.39 is 0 Å². The van der Waals surface area contributed by atoms with Gasteiger partial charge in [0.15, 0.2) is 0 Å². The molecule has 0 saturated carbocycles. The van der Waals surface area contributed by atoms with Gasteiger partial charge < -0.3 is 0 Å². The third kappa shape index (κ3) is 3.82. The summed E-state index contributed by atoms with van der Waals surface area (Å²) in [5.74, 6) is 0.202. The van der Waals surface area contributed by atoms with Gasteiger partial charge in [0, 0.05) is 42.1 Å². The molecule has 0 N–H and O–H groups in total. The van der Waals surface area contributed by atoms with Crippen LogP contribution in [0.25, 0.3) is 87.6 Å². The zero-order valence-electron chi connectivity index (χ0n) is 25.0. The molecule has 0 amide bonds. The van der Waals surface area contributed by atoms with E-state index in [9.17, 15) is 0 Å². The summed E-state index contributed by atoms with van der Waals surface area (Å²) in [7, 11) is 0. The zero-order chi connectivity index (χ0) is 30.9. The van der Waals surface area contributed by atoms with E-state index in [4.69, 9.17) is 9.97 Å². The summed E-state index contributed by atoms with van der Waals surface area (Å²) in [4.78, 5) is 11.5. The standard InChI is InChI=1S/C41H26FN3S/c1-3-4-17-37-24(2)25-18-19-27-26-20-21-30-28-11-7-10-16-36(28)45(39(30)29(26)22-23-31(27)40(25)46-37)41-43-35-15-9-6-13-33(35)38(44-41)32-12-5-8-14-34(32)42/h3-23H,1H2,2H3/b17-4-. The minimum Gasteiger partial charge on any atom is -0.277 e. The van der Waals surface area contributed by atoms with Crippen LogP contribution in [0, 0.1) is 12.7 Å². The van der Waals surface area contributed by atoms with E-state index >= 15 is 4.39 Å². The number of fused-ring (bicyclic) bond motifs is 10. The summed E-state index contributed by atoms with van der Waals surface area (Å²) < 4.78 is 18.7. The fourth-order valence-electron chi connectivity index (χ4n) is 6.92. The van der Waals surface area contributed by atoms with Crippen LogP contribution in [-0.4, -0.2) is 14.5 Å². The van der Waals surface area contributed by atoms with E-state index in [1.807, 2.05) is 59.9 Å². The summed E-state index contributed by atoms with van der Waals surface area (Å²) in [6.45, 7) is 6.03. The first-order valence-electron chi connectivity index (χ1n) is 15.2. The molecule has 0 unspecified atom stereocenters. The average Bonchev–Trinajstić information content (AvgIpc) is 3.61. The maximum absolute atomic E-state index is 15.3. The van der Waals surface area contributed by atoms with Crippen LogP contribution in [-0.2, 0) is 0 Å². The van der Waals surface area contributed by atoms with Crippen molar-refractivity contribution in [1.82, 2.24) is 14.5 Å². The maximum atomic E-state index is 15.3. The van der Waals surface area contributed by atoms with Crippen LogP contribution in [0.3, 0.4) is 0 Å². The zero-order valence-corrected chi connectivity index (χ0v) is 25.8. The Morgan fingerprint density at radius 1 is 0.674 bits per heavy atom. The highest BCUT2D eigenvalue weighted by atomic mass is 32.1. The van der Waals surface area contributed by atoms with E-state index in [1.54, 1.807) is 12.1 Å². The van der Waals surface area contributed by atoms with Gasteiger partial charge in [0.1, 0.15) is 5.82 Å². The predicted octanol–water partition coefficient (Wildman–Crippen LogP) is 11.6. The number of para-hydroxylation sites is 2. The third-order valence-corrected chi connectivity index (χ3v) is 10.4. The molecular weight excluding hydrogens is 586 g/mol. The molecule has 0 aliphatic heterocycles. The van der Waals surface area contributed by atoms with Crippen molar-refractivity contribution < 1.29 is 4.39 Å². The van der Waals surface area contributed by atoms with Gasteiger partial charge in [-0.2, -0.15) is 0 Å². The van der Waals surface area contributed by atoms with Crippen LogP contribution < -0.4 is 0 Å². The highest BCUT2D eigenvalue weighted by molar-refractivity contribution is 7.21. The quantitative estimate of drug-likeness (QED) is 0.146. The van der Waals surface area contributed by atoms with Crippen molar-refractivity contribution in [3.63, 3.8) is 0 Å². The number of hydrogen-bond acceptors (Lipinski definition) is 3. The molecule has 5 heteroatoms. The number of allylic oxidation sites excluding steroid dienone is 2. The average molecular weight is 612 g/mol. The van der Waals surface area contributed by atoms with Gasteiger partial charge in [0.05, 0.1) is 22.2 Å². The van der Waals surface area contributed by atoms with Gasteiger partial charge in [0.25, 0.3) is 0 Å². The minimum atomic E-state index is -0.310. The predicted molar refractivity (Wildman–Crippen MR) is 194 cm³/mol. The number of thiophene rings is 1. The Bertz CT molecular complexity index is 2750. The molecule has 3 heterocycles. The van der Waals surface area contributed by atoms with E-state index in [2.05, 4.69) is 78.7 Å². The van der Waals surface area contributed by atoms with Crippen molar-refractivity contribution in [2.75, 3.05) is 0 Å². The summed E-state index contributed by atoms with van der Waals surface area (Å²) in [6.07, 6.45) is 5.96. The van der Waals surface area contributed by atoms with Crippen molar-refractivity contribution >= 4 is 81.8 Å². The lowest BCUT2D eigenvalue weighted by molar-refractivity contribution is 0.631. The number of nitrogens with zero attached hydrogens (tertiary/aromatic N) is 3. The summed E-state index contributed by atoms with van der Waals surface area (Å²) >= 11 is 1.82. The van der Waals surface area contributed by atoms with Crippen molar-refractivity contribution in [2.24, 2.45) is 0 Å². The Morgan fingerprint density at radius 2 is 1.33 bits per heavy atom. The molecule has 46 heavy (non-hydrogen) atoms. The summed E-state index contributed by atoms with van der Waals surface area (Å²) in [6, 6.07) is 36.5. The van der Waals surface area contributed by atoms with Crippen molar-refractivity contribution in [3.05, 3.63) is 144 Å². The lowest BCUT2D eigenvalue weighted by atomic mass is 9.98. The summed E-state index contributed by atoms with van der Waals surface area (Å²) in [5, 5.41) is 9.05. The molecule has 0 saturated heterocycles. The largest absolute Gasteiger partial charge is 0.277 e. The molecule has 0 aliphatic carbocycles. The van der Waals surface area contributed by atoms with Crippen molar-refractivity contribution in [3.8, 4) is 17.2 Å². The van der Waals surface area contributed by atoms with Gasteiger partial charge in [-0.3, -0.25) is 4.57 Å². The number of rotatable bonds is 4. The molecule has 9 rings (SSSR count). The number of halogens is 1. The highest BCUT2D eigenvalue weighted by Crippen LogP contribution is 2.43. The molecule has 3 aromatic heterocycles. The normalized spacial score (nSPS) is 12.1. The molecule has 0 fully saturated rings. The second-order valence-electron chi connectivity index (χ2n) is 11.6. The molecule has 0 spiro atoms. The van der Waals surface area contributed by atoms with Gasteiger partial charge in [-0.1, -0.05) is 104 Å². The monoisotopic (exact) mass is 611 g/mol. The molecule has 0 bridgehead atoms. The first-order valence-corrected chi connectivity index (χ1v) is 16.1. The first-order chi connectivity index (χ1) is 22.6. The number of aromatic nitrogens is 3. The van der Waals surface area contributed by atoms with Crippen molar-refractivity contribution in [1.29, 1.82) is 0 Å². The van der Waals surface area contributed by atoms with E-state index in [0.717, 1.165) is 38.1 Å². The Morgan fingerprint density at radius 3 is 2.15 bits per heavy atom. The van der Waals surface area contributed by atoms with Gasteiger partial charge in [-0.15, -0.1) is 11.3 Å². The van der Waals surface area contributed by atoms with Crippen LogP contribution in [0.5, 0.6) is 0 Å². The van der Waals surface area contributed by atoms with Gasteiger partial charge >= 0.3 is 0 Å². The topological polar surface area (TPSA) is 30.7 Å². The Labute approximate surface area is 268 Å². The van der Waals surface area contributed by atoms with Gasteiger partial charge in [-0.25, -0.2) is 14.4 Å². The number of aryl methyl sites for hydroxylation is 1. The fraction of sp³-hybridized carbons (Fsp3) is 0.0244. The van der Waals surface area contributed by atoms with E-state index in [1.165, 1.54) is 42.8 Å². The first kappa shape index (κ1) is 26.7. The van der Waals surface area contributed by atoms with E-state index in [0.29, 0.717) is 17.2 Å². The minimum absolute atomic E-state index is 0.310. The molecule has 9 aromatic rings. The van der Waals surface area contributed by atoms with Gasteiger partial charge in [0.2, 0.25) is 5.95 Å². The lowest BCUT2D eigenvalue weighted by Crippen LogP contribution is -2.04. The fourth-order valence-corrected chi connectivity index (χ4v) is 8.17. The molecule has 0 radical (unpaired) electrons. The Kier molecular flexibility index (Phi) is 5.92. The van der Waals surface area contributed by atoms with Crippen molar-refractivity contribution in [2.45, 2.75) is 6.92 Å². The second-order valence-corrected chi connectivity index (χ2v) is 12.6. The maximum Gasteiger partial charge on any atom is 0.235 e. The second kappa shape index (κ2) is 10.2. The van der Waals surface area contributed by atoms with Crippen LogP contribution in [0.1, 0.15) is 10.4 Å². The number of benzene rings is 6. The Balaban J connectivity index is 1.39. The molecule has 218 valence electrons. The van der Waals surface area contributed by atoms with E-state index in [-0.39, 0.29) is 5.82 Å². The van der Waals surface area contributed by atoms with Crippen LogP contribution in [0.15, 0.2) is 128 Å². The SMILES string of the molecule is C=C/C=C\c1sc2c(ccc3c4ccc5c6ccccc6n(-c6nc(-c7ccccc7F)c7ccccc7n6)c5c4ccc32)c1C. The van der Waals surface area contributed by atoms with Crippen LogP contribution >= 0.6 is 11.3 Å². The Hall–Kier alpha value is -5.65. The smallest absolute Gasteiger partial charge is 0.235 e. The molecular formula is C41H26FN3S. The lowest BCUT2D eigenvalue weighted by Gasteiger charge is -2.13. The molecule has 6 aromatic carbocycles. The summed E-state index contributed by atoms with van der Waals surface area (Å²) in [5.41, 5.74) is 5.12. The molecule has 3 nitrogen and oxygen atoms in total. The highest BCUT2D eigenvalue weighted by Gasteiger charge is 2.21. The van der Waals surface area contributed by atoms with Crippen LogP contribution in [0.4, 0.5) is 4.39 Å².